The fraction of sp³-hybridized carbons (Fsp3) is 0.611. The van der Waals surface area contributed by atoms with Gasteiger partial charge in [-0.3, -0.25) is 29.1 Å². The molecule has 3 atom stereocenters. The number of carboxylic acid groups (broad SMARTS) is 2. The van der Waals surface area contributed by atoms with Crippen LogP contribution in [-0.2, 0) is 24.0 Å². The molecule has 0 saturated carbocycles. The second-order valence-corrected chi connectivity index (χ2v) is 7.66. The van der Waals surface area contributed by atoms with Crippen molar-refractivity contribution < 1.29 is 39.0 Å². The highest BCUT2D eigenvalue weighted by atomic mass is 16.4. The Labute approximate surface area is 188 Å². The van der Waals surface area contributed by atoms with E-state index < -0.39 is 72.7 Å². The predicted molar refractivity (Wildman–Crippen MR) is 113 cm³/mol. The van der Waals surface area contributed by atoms with Gasteiger partial charge in [0, 0.05) is 6.54 Å². The molecule has 1 aliphatic rings. The number of aliphatic imine (C=N–C) groups is 1. The lowest BCUT2D eigenvalue weighted by Gasteiger charge is -2.23. The molecule has 9 N–H and O–H groups in total. The van der Waals surface area contributed by atoms with Crippen LogP contribution in [0.3, 0.4) is 0 Å². The van der Waals surface area contributed by atoms with Crippen molar-refractivity contribution in [2.45, 2.75) is 51.2 Å². The van der Waals surface area contributed by atoms with Crippen LogP contribution in [0.15, 0.2) is 4.99 Å². The number of imide groups is 1. The van der Waals surface area contributed by atoms with Crippen molar-refractivity contribution in [3.8, 4) is 0 Å². The van der Waals surface area contributed by atoms with E-state index in [1.165, 1.54) is 13.8 Å². The maximum absolute atomic E-state index is 12.4. The summed E-state index contributed by atoms with van der Waals surface area (Å²) in [6.07, 6.45) is -0.235. The molecule has 1 saturated heterocycles. The highest BCUT2D eigenvalue weighted by molar-refractivity contribution is 6.06. The van der Waals surface area contributed by atoms with Crippen LogP contribution in [0.1, 0.15) is 33.1 Å². The summed E-state index contributed by atoms with van der Waals surface area (Å²) in [5, 5.41) is 25.0. The number of aliphatic carboxylic acids is 2. The van der Waals surface area contributed by atoms with E-state index in [4.69, 9.17) is 16.6 Å². The maximum atomic E-state index is 12.4. The molecule has 0 aromatic heterocycles. The van der Waals surface area contributed by atoms with E-state index in [1.54, 1.807) is 0 Å². The van der Waals surface area contributed by atoms with Gasteiger partial charge in [-0.2, -0.15) is 0 Å². The van der Waals surface area contributed by atoms with Gasteiger partial charge in [0.05, 0.1) is 6.42 Å². The van der Waals surface area contributed by atoms with Crippen LogP contribution >= 0.6 is 0 Å². The maximum Gasteiger partial charge on any atom is 0.326 e. The van der Waals surface area contributed by atoms with Gasteiger partial charge in [-0.05, 0) is 18.8 Å². The van der Waals surface area contributed by atoms with E-state index >= 15 is 0 Å². The molecule has 15 nitrogen and oxygen atoms in total. The topological polar surface area (TPSA) is 247 Å². The predicted octanol–water partition coefficient (Wildman–Crippen LogP) is -2.85. The number of amides is 5. The largest absolute Gasteiger partial charge is 0.481 e. The average Bonchev–Trinajstić information content (AvgIpc) is 2.95. The second-order valence-electron chi connectivity index (χ2n) is 7.66. The van der Waals surface area contributed by atoms with Crippen molar-refractivity contribution in [3.63, 3.8) is 0 Å². The van der Waals surface area contributed by atoms with Crippen LogP contribution in [0.2, 0.25) is 0 Å². The summed E-state index contributed by atoms with van der Waals surface area (Å²) in [6, 6.07) is -4.64. The van der Waals surface area contributed by atoms with Crippen LogP contribution in [-0.4, -0.2) is 88.0 Å². The molecule has 1 fully saturated rings. The summed E-state index contributed by atoms with van der Waals surface area (Å²) in [4.78, 5) is 76.0. The minimum absolute atomic E-state index is 0.113. The zero-order chi connectivity index (χ0) is 25.3. The van der Waals surface area contributed by atoms with Crippen LogP contribution in [0, 0.1) is 5.92 Å². The van der Waals surface area contributed by atoms with Crippen molar-refractivity contribution in [2.24, 2.45) is 22.4 Å². The Balaban J connectivity index is 2.76. The molecule has 0 aromatic rings. The Bertz CT molecular complexity index is 825. The lowest BCUT2D eigenvalue weighted by Crippen LogP contribution is -2.55. The van der Waals surface area contributed by atoms with Gasteiger partial charge < -0.3 is 37.6 Å². The second kappa shape index (κ2) is 12.2. The SMILES string of the molecule is CC(C)[C@H](NC(=O)[C@H](CC(=O)O)NC(=O)CN1C(=O)N[C@@H](CCCN=C(N)N)C1=O)C(=O)O. The van der Waals surface area contributed by atoms with E-state index in [0.29, 0.717) is 11.3 Å². The number of carbonyl (C=O) groups is 6. The number of hydrogen-bond acceptors (Lipinski definition) is 7. The van der Waals surface area contributed by atoms with Gasteiger partial charge in [-0.25, -0.2) is 9.59 Å². The minimum atomic E-state index is -1.62. The molecule has 15 heteroatoms. The molecule has 0 unspecified atom stereocenters. The summed E-state index contributed by atoms with van der Waals surface area (Å²) in [5.41, 5.74) is 10.4. The number of guanidine groups is 1. The first-order valence-electron chi connectivity index (χ1n) is 10.0. The summed E-state index contributed by atoms with van der Waals surface area (Å²) in [5.74, 6) is -6.06. The van der Waals surface area contributed by atoms with Gasteiger partial charge in [0.2, 0.25) is 11.8 Å². The fourth-order valence-corrected chi connectivity index (χ4v) is 2.96. The number of carboxylic acids is 2. The molecular weight excluding hydrogens is 442 g/mol. The molecular formula is C18H29N7O8. The third-order valence-electron chi connectivity index (χ3n) is 4.61. The van der Waals surface area contributed by atoms with Crippen molar-refractivity contribution in [3.05, 3.63) is 0 Å². The monoisotopic (exact) mass is 471 g/mol. The molecule has 1 rings (SSSR count). The summed E-state index contributed by atoms with van der Waals surface area (Å²) in [6.45, 7) is 2.55. The number of carbonyl (C=O) groups excluding carboxylic acids is 4. The Morgan fingerprint density at radius 3 is 2.30 bits per heavy atom. The Morgan fingerprint density at radius 1 is 1.15 bits per heavy atom. The first-order valence-corrected chi connectivity index (χ1v) is 10.0. The van der Waals surface area contributed by atoms with E-state index in [0.717, 1.165) is 0 Å². The van der Waals surface area contributed by atoms with Crippen LogP contribution in [0.25, 0.3) is 0 Å². The Hall–Kier alpha value is -3.91. The van der Waals surface area contributed by atoms with Gasteiger partial charge in [-0.15, -0.1) is 0 Å². The molecule has 1 heterocycles. The number of nitrogens with two attached hydrogens (primary N) is 2. The lowest BCUT2D eigenvalue weighted by molar-refractivity contribution is -0.144. The van der Waals surface area contributed by atoms with Crippen LogP contribution < -0.4 is 27.4 Å². The molecule has 0 aliphatic carbocycles. The molecule has 33 heavy (non-hydrogen) atoms. The third kappa shape index (κ3) is 8.62. The average molecular weight is 471 g/mol. The van der Waals surface area contributed by atoms with Crippen molar-refractivity contribution in [2.75, 3.05) is 13.1 Å². The summed E-state index contributed by atoms with van der Waals surface area (Å²) >= 11 is 0. The van der Waals surface area contributed by atoms with Crippen LogP contribution in [0.5, 0.6) is 0 Å². The van der Waals surface area contributed by atoms with Gasteiger partial charge in [0.1, 0.15) is 24.7 Å². The van der Waals surface area contributed by atoms with E-state index in [-0.39, 0.29) is 18.9 Å². The van der Waals surface area contributed by atoms with E-state index in [1.807, 2.05) is 0 Å². The number of urea groups is 1. The number of nitrogens with zero attached hydrogens (tertiary/aromatic N) is 2. The van der Waals surface area contributed by atoms with Crippen molar-refractivity contribution >= 4 is 41.7 Å². The first-order chi connectivity index (χ1) is 15.3. The normalized spacial score (nSPS) is 17.2. The highest BCUT2D eigenvalue weighted by Gasteiger charge is 2.39. The fourth-order valence-electron chi connectivity index (χ4n) is 2.96. The molecule has 0 radical (unpaired) electrons. The molecule has 0 bridgehead atoms. The molecule has 1 aliphatic heterocycles. The van der Waals surface area contributed by atoms with Gasteiger partial charge >= 0.3 is 18.0 Å². The molecule has 0 spiro atoms. The molecule has 5 amide bonds. The smallest absolute Gasteiger partial charge is 0.326 e. The van der Waals surface area contributed by atoms with Gasteiger partial charge in [0.25, 0.3) is 5.91 Å². The first kappa shape index (κ1) is 27.1. The standard InChI is InChI=1S/C18H29N7O8/c1-8(2)13(16(31)32)24-14(29)10(6-12(27)28)22-11(26)7-25-15(30)9(23-18(25)33)4-3-5-21-17(19)20/h8-10,13H,3-7H2,1-2H3,(H,22,26)(H,23,33)(H,24,29)(H,27,28)(H,31,32)(H4,19,20,21)/t9-,10-,13-/m0/s1. The van der Waals surface area contributed by atoms with E-state index in [2.05, 4.69) is 20.9 Å². The summed E-state index contributed by atoms with van der Waals surface area (Å²) < 4.78 is 0. The number of rotatable bonds is 13. The van der Waals surface area contributed by atoms with Crippen molar-refractivity contribution in [1.82, 2.24) is 20.9 Å². The number of nitrogens with one attached hydrogen (secondary N) is 3. The Morgan fingerprint density at radius 2 is 1.79 bits per heavy atom. The van der Waals surface area contributed by atoms with Gasteiger partial charge in [-0.1, -0.05) is 13.8 Å². The third-order valence-corrected chi connectivity index (χ3v) is 4.61. The molecule has 184 valence electrons. The van der Waals surface area contributed by atoms with Crippen molar-refractivity contribution in [1.29, 1.82) is 0 Å². The number of hydrogen-bond donors (Lipinski definition) is 7. The quantitative estimate of drug-likeness (QED) is 0.0626. The minimum Gasteiger partial charge on any atom is -0.481 e. The van der Waals surface area contributed by atoms with Crippen LogP contribution in [0.4, 0.5) is 4.79 Å². The Kier molecular flexibility index (Phi) is 10.0. The highest BCUT2D eigenvalue weighted by Crippen LogP contribution is 2.11. The zero-order valence-electron chi connectivity index (χ0n) is 18.2. The van der Waals surface area contributed by atoms with E-state index in [9.17, 15) is 33.9 Å². The summed E-state index contributed by atoms with van der Waals surface area (Å²) in [7, 11) is 0. The van der Waals surface area contributed by atoms with Gasteiger partial charge in [0.15, 0.2) is 5.96 Å². The zero-order valence-corrected chi connectivity index (χ0v) is 18.2. The lowest BCUT2D eigenvalue weighted by atomic mass is 10.0. The molecule has 0 aromatic carbocycles.